The zero-order valence-electron chi connectivity index (χ0n) is 13.4. The van der Waals surface area contributed by atoms with Gasteiger partial charge in [0.1, 0.15) is 6.04 Å². The summed E-state index contributed by atoms with van der Waals surface area (Å²) in [5.41, 5.74) is 0. The van der Waals surface area contributed by atoms with Gasteiger partial charge in [0, 0.05) is 13.1 Å². The van der Waals surface area contributed by atoms with Gasteiger partial charge in [-0.2, -0.15) is 0 Å². The Balaban J connectivity index is 4.46. The Bertz CT molecular complexity index is 230. The number of rotatable bonds is 11. The Morgan fingerprint density at radius 1 is 1.11 bits per heavy atom. The van der Waals surface area contributed by atoms with Crippen LogP contribution in [0.15, 0.2) is 0 Å². The highest BCUT2D eigenvalue weighted by molar-refractivity contribution is 5.76. The Hall–Kier alpha value is -0.610. The van der Waals surface area contributed by atoms with Gasteiger partial charge in [-0.15, -0.1) is 0 Å². The largest absolute Gasteiger partial charge is 0.465 e. The molecule has 0 bridgehead atoms. The van der Waals surface area contributed by atoms with E-state index in [0.29, 0.717) is 12.5 Å². The van der Waals surface area contributed by atoms with Crippen LogP contribution < -0.4 is 5.32 Å². The summed E-state index contributed by atoms with van der Waals surface area (Å²) < 4.78 is 5.13. The number of carbonyl (C=O) groups excluding carboxylic acids is 1. The molecule has 4 heteroatoms. The van der Waals surface area contributed by atoms with Gasteiger partial charge < -0.3 is 15.0 Å². The highest BCUT2D eigenvalue weighted by Crippen LogP contribution is 2.10. The molecule has 0 saturated carbocycles. The number of nitrogens with one attached hydrogen (secondary N) is 1. The lowest BCUT2D eigenvalue weighted by atomic mass is 10.0. The lowest BCUT2D eigenvalue weighted by Crippen LogP contribution is -2.48. The summed E-state index contributed by atoms with van der Waals surface area (Å²) >= 11 is 0. The lowest BCUT2D eigenvalue weighted by Gasteiger charge is -2.28. The highest BCUT2D eigenvalue weighted by Gasteiger charge is 2.22. The predicted octanol–water partition coefficient (Wildman–Crippen LogP) is 2.29. The van der Waals surface area contributed by atoms with Gasteiger partial charge in [0.25, 0.3) is 0 Å². The quantitative estimate of drug-likeness (QED) is 0.586. The Labute approximate surface area is 118 Å². The van der Waals surface area contributed by atoms with E-state index in [-0.39, 0.29) is 12.0 Å². The zero-order chi connectivity index (χ0) is 14.7. The van der Waals surface area contributed by atoms with Crippen LogP contribution in [0.1, 0.15) is 47.5 Å². The fraction of sp³-hybridized carbons (Fsp3) is 0.933. The Morgan fingerprint density at radius 3 is 2.16 bits per heavy atom. The predicted molar refractivity (Wildman–Crippen MR) is 80.3 cm³/mol. The topological polar surface area (TPSA) is 41.6 Å². The molecule has 4 nitrogen and oxygen atoms in total. The molecule has 0 aromatic rings. The first kappa shape index (κ1) is 18.4. The second-order valence-electron chi connectivity index (χ2n) is 4.90. The number of likely N-dealkylation sites (N-methyl/N-ethyl adjacent to an activating group) is 2. The summed E-state index contributed by atoms with van der Waals surface area (Å²) in [6.45, 7) is 14.5. The SMILES string of the molecule is CCNC(CN(CC)CC(CC)CC)C(=O)OCC. The fourth-order valence-electron chi connectivity index (χ4n) is 2.21. The molecule has 0 aromatic heterocycles. The zero-order valence-corrected chi connectivity index (χ0v) is 13.4. The minimum absolute atomic E-state index is 0.132. The molecule has 114 valence electrons. The van der Waals surface area contributed by atoms with Crippen LogP contribution in [-0.4, -0.2) is 49.7 Å². The minimum atomic E-state index is -0.209. The molecule has 0 spiro atoms. The van der Waals surface area contributed by atoms with Gasteiger partial charge >= 0.3 is 5.97 Å². The van der Waals surface area contributed by atoms with E-state index < -0.39 is 0 Å². The smallest absolute Gasteiger partial charge is 0.324 e. The van der Waals surface area contributed by atoms with Crippen LogP contribution >= 0.6 is 0 Å². The van der Waals surface area contributed by atoms with Gasteiger partial charge in [-0.25, -0.2) is 0 Å². The van der Waals surface area contributed by atoms with E-state index in [2.05, 4.69) is 31.0 Å². The van der Waals surface area contributed by atoms with Gasteiger partial charge in [0.15, 0.2) is 0 Å². The van der Waals surface area contributed by atoms with E-state index in [0.717, 1.165) is 26.2 Å². The fourth-order valence-corrected chi connectivity index (χ4v) is 2.21. The summed E-state index contributed by atoms with van der Waals surface area (Å²) in [6, 6.07) is -0.209. The average Bonchev–Trinajstić information content (AvgIpc) is 2.42. The van der Waals surface area contributed by atoms with E-state index in [1.807, 2.05) is 13.8 Å². The van der Waals surface area contributed by atoms with E-state index >= 15 is 0 Å². The molecule has 0 aliphatic heterocycles. The van der Waals surface area contributed by atoms with Gasteiger partial charge in [-0.05, 0) is 25.9 Å². The maximum absolute atomic E-state index is 11.9. The van der Waals surface area contributed by atoms with Crippen molar-refractivity contribution in [1.29, 1.82) is 0 Å². The molecule has 0 aromatic carbocycles. The van der Waals surface area contributed by atoms with Gasteiger partial charge in [0.05, 0.1) is 6.61 Å². The van der Waals surface area contributed by atoms with Gasteiger partial charge in [-0.3, -0.25) is 4.79 Å². The highest BCUT2D eigenvalue weighted by atomic mass is 16.5. The third-order valence-corrected chi connectivity index (χ3v) is 3.58. The number of hydrogen-bond acceptors (Lipinski definition) is 4. The van der Waals surface area contributed by atoms with E-state index in [4.69, 9.17) is 4.74 Å². The molecular weight excluding hydrogens is 240 g/mol. The van der Waals surface area contributed by atoms with Crippen molar-refractivity contribution >= 4 is 5.97 Å². The number of ether oxygens (including phenoxy) is 1. The average molecular weight is 272 g/mol. The number of nitrogens with zero attached hydrogens (tertiary/aromatic N) is 1. The van der Waals surface area contributed by atoms with Crippen molar-refractivity contribution < 1.29 is 9.53 Å². The van der Waals surface area contributed by atoms with E-state index in [1.54, 1.807) is 0 Å². The molecule has 0 aliphatic carbocycles. The lowest BCUT2D eigenvalue weighted by molar-refractivity contribution is -0.146. The number of hydrogen-bond donors (Lipinski definition) is 1. The number of esters is 1. The first-order chi connectivity index (χ1) is 9.12. The monoisotopic (exact) mass is 272 g/mol. The molecule has 19 heavy (non-hydrogen) atoms. The molecule has 1 atom stereocenters. The molecule has 0 heterocycles. The van der Waals surface area contributed by atoms with E-state index in [1.165, 1.54) is 12.8 Å². The molecule has 1 N–H and O–H groups in total. The second-order valence-corrected chi connectivity index (χ2v) is 4.90. The Kier molecular flexibility index (Phi) is 10.9. The second kappa shape index (κ2) is 11.2. The summed E-state index contributed by atoms with van der Waals surface area (Å²) in [5, 5.41) is 3.23. The van der Waals surface area contributed by atoms with Crippen molar-refractivity contribution in [2.75, 3.05) is 32.8 Å². The third kappa shape index (κ3) is 7.53. The third-order valence-electron chi connectivity index (χ3n) is 3.58. The van der Waals surface area contributed by atoms with Crippen LogP contribution in [0.25, 0.3) is 0 Å². The van der Waals surface area contributed by atoms with Crippen LogP contribution in [0.3, 0.4) is 0 Å². The summed E-state index contributed by atoms with van der Waals surface area (Å²) in [5.74, 6) is 0.580. The first-order valence-electron chi connectivity index (χ1n) is 7.75. The molecule has 0 saturated heterocycles. The first-order valence-corrected chi connectivity index (χ1v) is 7.75. The van der Waals surface area contributed by atoms with Crippen LogP contribution in [0.2, 0.25) is 0 Å². The number of carbonyl (C=O) groups is 1. The van der Waals surface area contributed by atoms with Crippen LogP contribution in [-0.2, 0) is 9.53 Å². The molecule has 1 unspecified atom stereocenters. The summed E-state index contributed by atoms with van der Waals surface area (Å²) in [7, 11) is 0. The van der Waals surface area contributed by atoms with Crippen LogP contribution in [0, 0.1) is 5.92 Å². The molecule has 0 amide bonds. The standard InChI is InChI=1S/C15H32N2O2/c1-6-13(7-2)11-17(9-4)12-14(16-8-3)15(18)19-10-5/h13-14,16H,6-12H2,1-5H3. The molecule has 0 aliphatic rings. The minimum Gasteiger partial charge on any atom is -0.465 e. The van der Waals surface area contributed by atoms with E-state index in [9.17, 15) is 4.79 Å². The molecule has 0 rings (SSSR count). The normalized spacial score (nSPS) is 13.0. The van der Waals surface area contributed by atoms with Crippen molar-refractivity contribution in [3.63, 3.8) is 0 Å². The molecule has 0 fully saturated rings. The molecule has 0 radical (unpaired) electrons. The van der Waals surface area contributed by atoms with Gasteiger partial charge in [0.2, 0.25) is 0 Å². The van der Waals surface area contributed by atoms with Crippen molar-refractivity contribution in [1.82, 2.24) is 10.2 Å². The summed E-state index contributed by atoms with van der Waals surface area (Å²) in [6.07, 6.45) is 2.39. The summed E-state index contributed by atoms with van der Waals surface area (Å²) in [4.78, 5) is 14.2. The van der Waals surface area contributed by atoms with Crippen LogP contribution in [0.4, 0.5) is 0 Å². The van der Waals surface area contributed by atoms with Crippen molar-refractivity contribution in [3.8, 4) is 0 Å². The van der Waals surface area contributed by atoms with Crippen molar-refractivity contribution in [3.05, 3.63) is 0 Å². The van der Waals surface area contributed by atoms with Crippen LogP contribution in [0.5, 0.6) is 0 Å². The maximum atomic E-state index is 11.9. The molecular formula is C15H32N2O2. The maximum Gasteiger partial charge on any atom is 0.324 e. The van der Waals surface area contributed by atoms with Crippen molar-refractivity contribution in [2.45, 2.75) is 53.5 Å². The van der Waals surface area contributed by atoms with Crippen molar-refractivity contribution in [2.24, 2.45) is 5.92 Å². The Morgan fingerprint density at radius 2 is 1.74 bits per heavy atom. The van der Waals surface area contributed by atoms with Gasteiger partial charge in [-0.1, -0.05) is 40.5 Å².